The summed E-state index contributed by atoms with van der Waals surface area (Å²) in [7, 11) is -2.00. The first-order chi connectivity index (χ1) is 18.2. The fourth-order valence-corrected chi connectivity index (χ4v) is 7.50. The van der Waals surface area contributed by atoms with Crippen LogP contribution >= 0.6 is 11.3 Å². The van der Waals surface area contributed by atoms with E-state index < -0.39 is 10.0 Å². The van der Waals surface area contributed by atoms with Gasteiger partial charge in [-0.1, -0.05) is 44.2 Å². The number of carbonyl (C=O) groups excluding carboxylic acids is 1. The maximum atomic E-state index is 13.2. The molecule has 0 atom stereocenters. The van der Waals surface area contributed by atoms with Crippen LogP contribution in [-0.4, -0.2) is 44.9 Å². The molecule has 0 spiro atoms. The van der Waals surface area contributed by atoms with Gasteiger partial charge in [0.05, 0.1) is 13.7 Å². The van der Waals surface area contributed by atoms with Gasteiger partial charge in [-0.25, -0.2) is 8.42 Å². The molecule has 0 aliphatic carbocycles. The molecule has 204 valence electrons. The van der Waals surface area contributed by atoms with Gasteiger partial charge in [0.15, 0.2) is 0 Å². The summed E-state index contributed by atoms with van der Waals surface area (Å²) in [5.74, 6) is 1.02. The average molecular weight is 556 g/mol. The lowest BCUT2D eigenvalue weighted by atomic mass is 10.0. The van der Waals surface area contributed by atoms with Crippen molar-refractivity contribution in [3.05, 3.63) is 82.2 Å². The molecule has 0 radical (unpaired) electrons. The molecule has 2 heterocycles. The van der Waals surface area contributed by atoms with Crippen molar-refractivity contribution < 1.29 is 17.9 Å². The normalized spacial score (nSPS) is 15.1. The molecule has 1 aliphatic heterocycles. The van der Waals surface area contributed by atoms with Crippen LogP contribution in [0.3, 0.4) is 0 Å². The highest BCUT2D eigenvalue weighted by molar-refractivity contribution is 7.91. The molecule has 2 N–H and O–H groups in total. The largest absolute Gasteiger partial charge is 0.497 e. The predicted octanol–water partition coefficient (Wildman–Crippen LogP) is 4.83. The molecule has 1 amide bonds. The summed E-state index contributed by atoms with van der Waals surface area (Å²) in [6.45, 7) is 6.49. The Morgan fingerprint density at radius 1 is 1.03 bits per heavy atom. The van der Waals surface area contributed by atoms with Gasteiger partial charge in [-0.2, -0.15) is 4.31 Å². The van der Waals surface area contributed by atoms with Crippen LogP contribution in [0.2, 0.25) is 0 Å². The van der Waals surface area contributed by atoms with Gasteiger partial charge in [-0.3, -0.25) is 4.79 Å². The fourth-order valence-electron chi connectivity index (χ4n) is 4.58. The second kappa shape index (κ2) is 12.9. The Kier molecular flexibility index (Phi) is 9.59. The SMILES string of the molecule is COc1cccc(C(=O)NCc2ccc(S(=O)(=O)N3CCC(NCc4ccc(CC(C)C)cc4)CC3)s2)c1. The number of rotatable bonds is 11. The van der Waals surface area contributed by atoms with Crippen molar-refractivity contribution in [1.82, 2.24) is 14.9 Å². The van der Waals surface area contributed by atoms with Crippen LogP contribution in [0.1, 0.15) is 53.1 Å². The molecule has 38 heavy (non-hydrogen) atoms. The topological polar surface area (TPSA) is 87.7 Å². The zero-order valence-electron chi connectivity index (χ0n) is 22.3. The van der Waals surface area contributed by atoms with Crippen LogP contribution in [0, 0.1) is 5.92 Å². The summed E-state index contributed by atoms with van der Waals surface area (Å²) in [6, 6.07) is 19.4. The molecular weight excluding hydrogens is 518 g/mol. The first-order valence-electron chi connectivity index (χ1n) is 13.1. The van der Waals surface area contributed by atoms with Gasteiger partial charge in [0.2, 0.25) is 0 Å². The van der Waals surface area contributed by atoms with Crippen molar-refractivity contribution >= 4 is 27.3 Å². The van der Waals surface area contributed by atoms with Crippen LogP contribution in [0.15, 0.2) is 64.9 Å². The third-order valence-electron chi connectivity index (χ3n) is 6.70. The lowest BCUT2D eigenvalue weighted by molar-refractivity contribution is 0.0951. The smallest absolute Gasteiger partial charge is 0.252 e. The van der Waals surface area contributed by atoms with Crippen molar-refractivity contribution in [2.45, 2.75) is 56.5 Å². The lowest BCUT2D eigenvalue weighted by Gasteiger charge is -2.31. The van der Waals surface area contributed by atoms with E-state index in [-0.39, 0.29) is 12.5 Å². The van der Waals surface area contributed by atoms with Crippen LogP contribution in [0.5, 0.6) is 5.75 Å². The van der Waals surface area contributed by atoms with Gasteiger partial charge in [-0.15, -0.1) is 11.3 Å². The van der Waals surface area contributed by atoms with Crippen LogP contribution in [0.25, 0.3) is 0 Å². The van der Waals surface area contributed by atoms with E-state index in [2.05, 4.69) is 48.7 Å². The molecule has 4 rings (SSSR count). The highest BCUT2D eigenvalue weighted by atomic mass is 32.2. The Morgan fingerprint density at radius 2 is 1.74 bits per heavy atom. The zero-order valence-corrected chi connectivity index (χ0v) is 23.9. The van der Waals surface area contributed by atoms with Gasteiger partial charge in [0.25, 0.3) is 15.9 Å². The van der Waals surface area contributed by atoms with Gasteiger partial charge in [0, 0.05) is 36.1 Å². The molecule has 0 bridgehead atoms. The Bertz CT molecular complexity index is 1310. The highest BCUT2D eigenvalue weighted by Gasteiger charge is 2.30. The third-order valence-corrected chi connectivity index (χ3v) is 10.2. The summed E-state index contributed by atoms with van der Waals surface area (Å²) in [5.41, 5.74) is 3.10. The molecular formula is C29H37N3O4S2. The first-order valence-corrected chi connectivity index (χ1v) is 15.3. The van der Waals surface area contributed by atoms with Crippen LogP contribution < -0.4 is 15.4 Å². The number of hydrogen-bond donors (Lipinski definition) is 2. The maximum Gasteiger partial charge on any atom is 0.252 e. The van der Waals surface area contributed by atoms with Crippen molar-refractivity contribution in [2.75, 3.05) is 20.2 Å². The van der Waals surface area contributed by atoms with Crippen molar-refractivity contribution in [2.24, 2.45) is 5.92 Å². The molecule has 9 heteroatoms. The summed E-state index contributed by atoms with van der Waals surface area (Å²) >= 11 is 1.21. The van der Waals surface area contributed by atoms with Gasteiger partial charge in [0.1, 0.15) is 9.96 Å². The predicted molar refractivity (Wildman–Crippen MR) is 152 cm³/mol. The highest BCUT2D eigenvalue weighted by Crippen LogP contribution is 2.27. The Labute approximate surface area is 230 Å². The van der Waals surface area contributed by atoms with E-state index in [1.54, 1.807) is 47.8 Å². The number of ether oxygens (including phenoxy) is 1. The van der Waals surface area contributed by atoms with Crippen molar-refractivity contribution in [3.63, 3.8) is 0 Å². The number of methoxy groups -OCH3 is 1. The molecule has 1 aromatic heterocycles. The summed E-state index contributed by atoms with van der Waals surface area (Å²) in [4.78, 5) is 13.3. The van der Waals surface area contributed by atoms with E-state index in [0.29, 0.717) is 40.6 Å². The number of benzene rings is 2. The van der Waals surface area contributed by atoms with E-state index in [4.69, 9.17) is 4.74 Å². The van der Waals surface area contributed by atoms with Crippen LogP contribution in [-0.2, 0) is 29.5 Å². The van der Waals surface area contributed by atoms with Gasteiger partial charge in [-0.05, 0) is 66.6 Å². The average Bonchev–Trinajstić information content (AvgIpc) is 3.41. The minimum atomic E-state index is -3.55. The summed E-state index contributed by atoms with van der Waals surface area (Å²) in [5, 5.41) is 6.45. The van der Waals surface area contributed by atoms with E-state index in [9.17, 15) is 13.2 Å². The second-order valence-corrected chi connectivity index (χ2v) is 13.4. The van der Waals surface area contributed by atoms with E-state index in [1.807, 2.05) is 0 Å². The quantitative estimate of drug-likeness (QED) is 0.354. The Balaban J connectivity index is 1.25. The molecule has 2 aromatic carbocycles. The fraction of sp³-hybridized carbons (Fsp3) is 0.414. The zero-order chi connectivity index (χ0) is 27.1. The molecule has 1 saturated heterocycles. The summed E-state index contributed by atoms with van der Waals surface area (Å²) in [6.07, 6.45) is 2.64. The number of carbonyl (C=O) groups is 1. The number of nitrogens with zero attached hydrogens (tertiary/aromatic N) is 1. The van der Waals surface area contributed by atoms with E-state index in [1.165, 1.54) is 22.5 Å². The third kappa shape index (κ3) is 7.44. The number of sulfonamides is 1. The standard InChI is InChI=1S/C29H37N3O4S2/c1-21(2)17-22-7-9-23(10-8-22)19-30-25-13-15-32(16-14-25)38(34,35)28-12-11-27(37-28)20-31-29(33)24-5-4-6-26(18-24)36-3/h4-12,18,21,25,30H,13-17,19-20H2,1-3H3,(H,31,33). The number of thiophene rings is 1. The first kappa shape index (κ1) is 28.3. The maximum absolute atomic E-state index is 13.2. The number of amides is 1. The Hall–Kier alpha value is -2.72. The van der Waals surface area contributed by atoms with Crippen molar-refractivity contribution in [3.8, 4) is 5.75 Å². The minimum Gasteiger partial charge on any atom is -0.497 e. The minimum absolute atomic E-state index is 0.234. The number of nitrogens with one attached hydrogen (secondary N) is 2. The van der Waals surface area contributed by atoms with Gasteiger partial charge >= 0.3 is 0 Å². The molecule has 0 saturated carbocycles. The molecule has 1 fully saturated rings. The monoisotopic (exact) mass is 555 g/mol. The number of hydrogen-bond acceptors (Lipinski definition) is 6. The van der Waals surface area contributed by atoms with Crippen molar-refractivity contribution in [1.29, 1.82) is 0 Å². The summed E-state index contributed by atoms with van der Waals surface area (Å²) < 4.78 is 33.5. The molecule has 7 nitrogen and oxygen atoms in total. The number of piperidine rings is 1. The lowest BCUT2D eigenvalue weighted by Crippen LogP contribution is -2.44. The van der Waals surface area contributed by atoms with Gasteiger partial charge < -0.3 is 15.4 Å². The molecule has 3 aromatic rings. The second-order valence-electron chi connectivity index (χ2n) is 10.1. The van der Waals surface area contributed by atoms with E-state index in [0.717, 1.165) is 30.7 Å². The molecule has 0 unspecified atom stereocenters. The molecule has 1 aliphatic rings. The van der Waals surface area contributed by atoms with Crippen LogP contribution in [0.4, 0.5) is 0 Å². The Morgan fingerprint density at radius 3 is 2.42 bits per heavy atom. The van der Waals surface area contributed by atoms with E-state index >= 15 is 0 Å².